The quantitative estimate of drug-likeness (QED) is 0.442. The summed E-state index contributed by atoms with van der Waals surface area (Å²) >= 11 is 5.97. The fourth-order valence-corrected chi connectivity index (χ4v) is 3.00. The molecule has 0 heterocycles. The molecule has 0 aliphatic rings. The van der Waals surface area contributed by atoms with Crippen LogP contribution in [0.5, 0.6) is 0 Å². The number of hydrogen-bond acceptors (Lipinski definition) is 2. The summed E-state index contributed by atoms with van der Waals surface area (Å²) in [6.45, 7) is 8.17. The number of anilines is 1. The Kier molecular flexibility index (Phi) is 6.46. The van der Waals surface area contributed by atoms with Crippen molar-refractivity contribution in [1.29, 1.82) is 0 Å². The van der Waals surface area contributed by atoms with E-state index in [1.807, 2.05) is 74.5 Å². The fraction of sp³-hybridized carbons (Fsp3) is 0.0800. The predicted octanol–water partition coefficient (Wildman–Crippen LogP) is 7.29. The second kappa shape index (κ2) is 9.20. The Morgan fingerprint density at radius 1 is 0.893 bits per heavy atom. The Hall–Kier alpha value is -3.10. The van der Waals surface area contributed by atoms with Crippen LogP contribution in [0.25, 0.3) is 11.4 Å². The predicted molar refractivity (Wildman–Crippen MR) is 123 cm³/mol. The molecule has 0 aromatic heterocycles. The normalized spacial score (nSPS) is 12.0. The van der Waals surface area contributed by atoms with E-state index in [1.165, 1.54) is 0 Å². The van der Waals surface area contributed by atoms with Crippen LogP contribution in [-0.4, -0.2) is 5.71 Å². The highest BCUT2D eigenvalue weighted by Gasteiger charge is 2.05. The van der Waals surface area contributed by atoms with Crippen molar-refractivity contribution in [2.45, 2.75) is 13.8 Å². The topological polar surface area (TPSA) is 24.4 Å². The summed E-state index contributed by atoms with van der Waals surface area (Å²) in [4.78, 5) is 4.84. The number of hydrogen-bond donors (Lipinski definition) is 1. The van der Waals surface area contributed by atoms with Crippen molar-refractivity contribution in [3.63, 3.8) is 0 Å². The van der Waals surface area contributed by atoms with Crippen LogP contribution in [-0.2, 0) is 0 Å². The zero-order valence-corrected chi connectivity index (χ0v) is 16.9. The van der Waals surface area contributed by atoms with Crippen molar-refractivity contribution >= 4 is 34.4 Å². The first-order valence-electron chi connectivity index (χ1n) is 9.16. The SMILES string of the molecule is C=C(Nc1cccc(/C(=C/C)N=C(C)c2ccccc2)c1)c1ccc(Cl)cc1. The molecule has 140 valence electrons. The summed E-state index contributed by atoms with van der Waals surface area (Å²) in [7, 11) is 0. The first-order valence-corrected chi connectivity index (χ1v) is 9.54. The molecule has 0 spiro atoms. The standard InChI is InChI=1S/C25H23ClN2/c1-4-25(28-19(3)20-9-6-5-7-10-20)22-11-8-12-24(17-22)27-18(2)21-13-15-23(26)16-14-21/h4-17,27H,2H2,1,3H3/b25-4-,28-19?. The summed E-state index contributed by atoms with van der Waals surface area (Å²) in [5.74, 6) is 0. The van der Waals surface area contributed by atoms with Gasteiger partial charge in [0.05, 0.1) is 5.70 Å². The first-order chi connectivity index (χ1) is 13.6. The Balaban J connectivity index is 1.81. The molecule has 3 heteroatoms. The van der Waals surface area contributed by atoms with Crippen molar-refractivity contribution in [2.24, 2.45) is 4.99 Å². The molecular weight excluding hydrogens is 364 g/mol. The van der Waals surface area contributed by atoms with Gasteiger partial charge in [-0.3, -0.25) is 4.99 Å². The average molecular weight is 387 g/mol. The lowest BCUT2D eigenvalue weighted by molar-refractivity contribution is 1.44. The van der Waals surface area contributed by atoms with Gasteiger partial charge >= 0.3 is 0 Å². The summed E-state index contributed by atoms with van der Waals surface area (Å²) in [5, 5.41) is 4.08. The van der Waals surface area contributed by atoms with Gasteiger partial charge in [-0.05, 0) is 49.2 Å². The number of halogens is 1. The van der Waals surface area contributed by atoms with Gasteiger partial charge in [-0.1, -0.05) is 78.9 Å². The zero-order valence-electron chi connectivity index (χ0n) is 16.1. The van der Waals surface area contributed by atoms with Crippen LogP contribution in [0.15, 0.2) is 96.5 Å². The number of aliphatic imine (C=N–C) groups is 1. The van der Waals surface area contributed by atoms with Crippen LogP contribution in [0.4, 0.5) is 5.69 Å². The highest BCUT2D eigenvalue weighted by Crippen LogP contribution is 2.24. The van der Waals surface area contributed by atoms with Gasteiger partial charge in [-0.2, -0.15) is 0 Å². The van der Waals surface area contributed by atoms with Gasteiger partial charge in [-0.25, -0.2) is 0 Å². The third-order valence-electron chi connectivity index (χ3n) is 4.40. The molecule has 0 amide bonds. The van der Waals surface area contributed by atoms with E-state index in [-0.39, 0.29) is 0 Å². The molecule has 3 rings (SSSR count). The van der Waals surface area contributed by atoms with Gasteiger partial charge in [0.15, 0.2) is 0 Å². The third kappa shape index (κ3) is 4.99. The molecule has 0 fully saturated rings. The molecule has 0 saturated heterocycles. The van der Waals surface area contributed by atoms with Crippen molar-refractivity contribution in [3.05, 3.63) is 113 Å². The van der Waals surface area contributed by atoms with E-state index in [0.29, 0.717) is 5.02 Å². The van der Waals surface area contributed by atoms with Crippen molar-refractivity contribution < 1.29 is 0 Å². The molecule has 3 aromatic carbocycles. The minimum absolute atomic E-state index is 0.711. The monoisotopic (exact) mass is 386 g/mol. The summed E-state index contributed by atoms with van der Waals surface area (Å²) in [5.41, 5.74) is 6.86. The molecule has 0 unspecified atom stereocenters. The number of allylic oxidation sites excluding steroid dienone is 1. The summed E-state index contributed by atoms with van der Waals surface area (Å²) < 4.78 is 0. The van der Waals surface area contributed by atoms with Gasteiger partial charge < -0.3 is 5.32 Å². The number of benzene rings is 3. The van der Waals surface area contributed by atoms with Crippen LogP contribution in [0.2, 0.25) is 5.02 Å². The first kappa shape index (κ1) is 19.7. The van der Waals surface area contributed by atoms with Crippen molar-refractivity contribution in [1.82, 2.24) is 0 Å². The lowest BCUT2D eigenvalue weighted by Gasteiger charge is -2.12. The van der Waals surface area contributed by atoms with Crippen LogP contribution in [0, 0.1) is 0 Å². The lowest BCUT2D eigenvalue weighted by Crippen LogP contribution is -1.98. The Morgan fingerprint density at radius 2 is 1.57 bits per heavy atom. The van der Waals surface area contributed by atoms with E-state index >= 15 is 0 Å². The van der Waals surface area contributed by atoms with Crippen LogP contribution in [0.3, 0.4) is 0 Å². The largest absolute Gasteiger partial charge is 0.356 e. The number of nitrogens with zero attached hydrogens (tertiary/aromatic N) is 1. The molecule has 0 aliphatic heterocycles. The molecule has 0 aliphatic carbocycles. The maximum absolute atomic E-state index is 5.97. The second-order valence-corrected chi connectivity index (χ2v) is 6.86. The maximum atomic E-state index is 5.97. The Morgan fingerprint density at radius 3 is 2.25 bits per heavy atom. The van der Waals surface area contributed by atoms with E-state index < -0.39 is 0 Å². The summed E-state index contributed by atoms with van der Waals surface area (Å²) in [6, 6.07) is 26.0. The van der Waals surface area contributed by atoms with Gasteiger partial charge in [0, 0.05) is 27.7 Å². The minimum Gasteiger partial charge on any atom is -0.356 e. The maximum Gasteiger partial charge on any atom is 0.0663 e. The van der Waals surface area contributed by atoms with Gasteiger partial charge in [0.25, 0.3) is 0 Å². The van der Waals surface area contributed by atoms with Gasteiger partial charge in [0.2, 0.25) is 0 Å². The van der Waals surface area contributed by atoms with Gasteiger partial charge in [-0.15, -0.1) is 0 Å². The van der Waals surface area contributed by atoms with Crippen LogP contribution < -0.4 is 5.32 Å². The molecule has 28 heavy (non-hydrogen) atoms. The van der Waals surface area contributed by atoms with E-state index in [0.717, 1.165) is 39.5 Å². The minimum atomic E-state index is 0.711. The molecule has 0 bridgehead atoms. The average Bonchev–Trinajstić information content (AvgIpc) is 2.73. The zero-order chi connectivity index (χ0) is 19.9. The molecule has 2 nitrogen and oxygen atoms in total. The van der Waals surface area contributed by atoms with E-state index in [2.05, 4.69) is 36.2 Å². The molecular formula is C25H23ClN2. The lowest BCUT2D eigenvalue weighted by atomic mass is 10.1. The molecule has 1 N–H and O–H groups in total. The second-order valence-electron chi connectivity index (χ2n) is 6.43. The van der Waals surface area contributed by atoms with Crippen molar-refractivity contribution in [2.75, 3.05) is 5.32 Å². The molecule has 0 atom stereocenters. The van der Waals surface area contributed by atoms with Crippen molar-refractivity contribution in [3.8, 4) is 0 Å². The van der Waals surface area contributed by atoms with Gasteiger partial charge in [0.1, 0.15) is 0 Å². The highest BCUT2D eigenvalue weighted by atomic mass is 35.5. The smallest absolute Gasteiger partial charge is 0.0663 e. The van der Waals surface area contributed by atoms with Crippen LogP contribution in [0.1, 0.15) is 30.5 Å². The number of rotatable bonds is 6. The number of nitrogens with one attached hydrogen (secondary N) is 1. The fourth-order valence-electron chi connectivity index (χ4n) is 2.87. The van der Waals surface area contributed by atoms with Crippen LogP contribution >= 0.6 is 11.6 Å². The summed E-state index contributed by atoms with van der Waals surface area (Å²) in [6.07, 6.45) is 2.03. The Bertz CT molecular complexity index is 1020. The van der Waals surface area contributed by atoms with E-state index in [1.54, 1.807) is 0 Å². The van der Waals surface area contributed by atoms with E-state index in [9.17, 15) is 0 Å². The molecule has 3 aromatic rings. The molecule has 0 saturated carbocycles. The molecule has 0 radical (unpaired) electrons. The van der Waals surface area contributed by atoms with E-state index in [4.69, 9.17) is 16.6 Å². The third-order valence-corrected chi connectivity index (χ3v) is 4.65. The Labute approximate surface area is 171 Å². The highest BCUT2D eigenvalue weighted by molar-refractivity contribution is 6.30.